The van der Waals surface area contributed by atoms with E-state index in [1.54, 1.807) is 18.5 Å². The minimum atomic E-state index is -0.380. The summed E-state index contributed by atoms with van der Waals surface area (Å²) in [5.74, 6) is 1.65. The Morgan fingerprint density at radius 1 is 1.18 bits per heavy atom. The lowest BCUT2D eigenvalue weighted by Gasteiger charge is -2.28. The molecule has 0 unspecified atom stereocenters. The Kier molecular flexibility index (Phi) is 7.52. The first kappa shape index (κ1) is 23.4. The number of methoxy groups -OCH3 is 1. The Labute approximate surface area is 200 Å². The topological polar surface area (TPSA) is 72.9 Å². The van der Waals surface area contributed by atoms with Crippen molar-refractivity contribution in [1.82, 2.24) is 4.98 Å². The van der Waals surface area contributed by atoms with Gasteiger partial charge in [-0.15, -0.1) is 0 Å². The van der Waals surface area contributed by atoms with Crippen molar-refractivity contribution in [2.45, 2.75) is 25.7 Å². The molecule has 178 valence electrons. The summed E-state index contributed by atoms with van der Waals surface area (Å²) in [6.45, 7) is 4.13. The molecule has 0 radical (unpaired) electrons. The van der Waals surface area contributed by atoms with Gasteiger partial charge in [-0.2, -0.15) is 0 Å². The molecule has 0 saturated heterocycles. The van der Waals surface area contributed by atoms with Gasteiger partial charge in [-0.1, -0.05) is 13.0 Å². The molecule has 3 aromatic rings. The van der Waals surface area contributed by atoms with Crippen LogP contribution in [0.15, 0.2) is 60.9 Å². The number of pyridine rings is 1. The number of carbonyl (C=O) groups is 1. The minimum absolute atomic E-state index is 0.254. The SMILES string of the molecule is CCCOc1ccc(N(C)c2ccc3c(c2)OCC[C@H]3CNc2cnccc2C(=O)OC)cc1. The molecule has 4 rings (SSSR count). The summed E-state index contributed by atoms with van der Waals surface area (Å²) in [5.41, 5.74) is 4.43. The lowest BCUT2D eigenvalue weighted by molar-refractivity contribution is 0.0601. The van der Waals surface area contributed by atoms with Gasteiger partial charge in [0.15, 0.2) is 0 Å². The highest BCUT2D eigenvalue weighted by molar-refractivity contribution is 5.95. The number of fused-ring (bicyclic) bond motifs is 1. The molecule has 0 saturated carbocycles. The fourth-order valence-corrected chi connectivity index (χ4v) is 4.06. The Balaban J connectivity index is 1.47. The molecule has 1 atom stereocenters. The lowest BCUT2D eigenvalue weighted by Crippen LogP contribution is -2.22. The summed E-state index contributed by atoms with van der Waals surface area (Å²) >= 11 is 0. The number of nitrogens with zero attached hydrogens (tertiary/aromatic N) is 2. The predicted molar refractivity (Wildman–Crippen MR) is 134 cm³/mol. The third-order valence-electron chi connectivity index (χ3n) is 6.01. The first-order valence-corrected chi connectivity index (χ1v) is 11.6. The van der Waals surface area contributed by atoms with Crippen LogP contribution in [0.2, 0.25) is 0 Å². The van der Waals surface area contributed by atoms with Crippen LogP contribution in [0.3, 0.4) is 0 Å². The maximum Gasteiger partial charge on any atom is 0.340 e. The fraction of sp³-hybridized carbons (Fsp3) is 0.333. The van der Waals surface area contributed by atoms with Crippen LogP contribution in [0.25, 0.3) is 0 Å². The number of ether oxygens (including phenoxy) is 3. The summed E-state index contributed by atoms with van der Waals surface area (Å²) in [5, 5.41) is 3.38. The number of esters is 1. The van der Waals surface area contributed by atoms with Gasteiger partial charge in [0.2, 0.25) is 0 Å². The lowest BCUT2D eigenvalue weighted by atomic mass is 9.92. The van der Waals surface area contributed by atoms with Crippen molar-refractivity contribution in [1.29, 1.82) is 0 Å². The average Bonchev–Trinajstić information content (AvgIpc) is 2.90. The Morgan fingerprint density at radius 3 is 2.74 bits per heavy atom. The van der Waals surface area contributed by atoms with E-state index in [0.717, 1.165) is 47.9 Å². The molecule has 0 aliphatic carbocycles. The largest absolute Gasteiger partial charge is 0.494 e. The van der Waals surface area contributed by atoms with Crippen molar-refractivity contribution in [3.63, 3.8) is 0 Å². The van der Waals surface area contributed by atoms with E-state index in [1.165, 1.54) is 7.11 Å². The maximum absolute atomic E-state index is 12.0. The van der Waals surface area contributed by atoms with Crippen LogP contribution in [0, 0.1) is 0 Å². The van der Waals surface area contributed by atoms with E-state index in [-0.39, 0.29) is 11.9 Å². The number of hydrogen-bond donors (Lipinski definition) is 1. The van der Waals surface area contributed by atoms with E-state index >= 15 is 0 Å². The molecule has 0 amide bonds. The van der Waals surface area contributed by atoms with Crippen molar-refractivity contribution in [3.05, 3.63) is 72.1 Å². The summed E-state index contributed by atoms with van der Waals surface area (Å²) in [6.07, 6.45) is 5.12. The molecule has 7 heteroatoms. The Morgan fingerprint density at radius 2 is 1.97 bits per heavy atom. The van der Waals surface area contributed by atoms with Crippen LogP contribution in [0.5, 0.6) is 11.5 Å². The van der Waals surface area contributed by atoms with Crippen LogP contribution in [-0.4, -0.2) is 44.9 Å². The molecule has 0 fully saturated rings. The summed E-state index contributed by atoms with van der Waals surface area (Å²) in [7, 11) is 3.42. The van der Waals surface area contributed by atoms with Crippen LogP contribution in [0.1, 0.15) is 41.6 Å². The van der Waals surface area contributed by atoms with E-state index < -0.39 is 0 Å². The maximum atomic E-state index is 12.0. The van der Waals surface area contributed by atoms with Crippen LogP contribution >= 0.6 is 0 Å². The zero-order valence-corrected chi connectivity index (χ0v) is 19.9. The van der Waals surface area contributed by atoms with Gasteiger partial charge in [-0.25, -0.2) is 4.79 Å². The van der Waals surface area contributed by atoms with Gasteiger partial charge in [-0.05, 0) is 54.8 Å². The average molecular weight is 462 g/mol. The first-order chi connectivity index (χ1) is 16.6. The van der Waals surface area contributed by atoms with Crippen molar-refractivity contribution in [2.75, 3.05) is 44.1 Å². The molecule has 1 aromatic heterocycles. The molecular weight excluding hydrogens is 430 g/mol. The highest BCUT2D eigenvalue weighted by Crippen LogP contribution is 2.38. The monoisotopic (exact) mass is 461 g/mol. The van der Waals surface area contributed by atoms with Crippen LogP contribution < -0.4 is 19.7 Å². The Bertz CT molecular complexity index is 1120. The smallest absolute Gasteiger partial charge is 0.340 e. The molecule has 0 bridgehead atoms. The number of nitrogens with one attached hydrogen (secondary N) is 1. The van der Waals surface area contributed by atoms with Crippen molar-refractivity contribution < 1.29 is 19.0 Å². The molecule has 2 aromatic carbocycles. The molecule has 34 heavy (non-hydrogen) atoms. The number of benzene rings is 2. The van der Waals surface area contributed by atoms with E-state index in [2.05, 4.69) is 52.5 Å². The van der Waals surface area contributed by atoms with Gasteiger partial charge >= 0.3 is 5.97 Å². The molecule has 7 nitrogen and oxygen atoms in total. The third kappa shape index (κ3) is 5.25. The highest BCUT2D eigenvalue weighted by atomic mass is 16.5. The highest BCUT2D eigenvalue weighted by Gasteiger charge is 2.23. The first-order valence-electron chi connectivity index (χ1n) is 11.6. The number of anilines is 3. The van der Waals surface area contributed by atoms with Crippen molar-refractivity contribution in [3.8, 4) is 11.5 Å². The van der Waals surface area contributed by atoms with Crippen LogP contribution in [0.4, 0.5) is 17.1 Å². The van der Waals surface area contributed by atoms with Crippen LogP contribution in [-0.2, 0) is 4.74 Å². The van der Waals surface area contributed by atoms with Gasteiger partial charge < -0.3 is 24.4 Å². The van der Waals surface area contributed by atoms with E-state index in [9.17, 15) is 4.79 Å². The van der Waals surface area contributed by atoms with E-state index in [4.69, 9.17) is 14.2 Å². The second-order valence-corrected chi connectivity index (χ2v) is 8.25. The zero-order valence-electron chi connectivity index (χ0n) is 19.9. The number of hydrogen-bond acceptors (Lipinski definition) is 7. The minimum Gasteiger partial charge on any atom is -0.494 e. The summed E-state index contributed by atoms with van der Waals surface area (Å²) in [4.78, 5) is 18.3. The van der Waals surface area contributed by atoms with E-state index in [0.29, 0.717) is 24.4 Å². The molecule has 2 heterocycles. The quantitative estimate of drug-likeness (QED) is 0.428. The summed E-state index contributed by atoms with van der Waals surface area (Å²) in [6, 6.07) is 16.1. The van der Waals surface area contributed by atoms with Gasteiger partial charge in [0.1, 0.15) is 11.5 Å². The molecule has 1 aliphatic rings. The van der Waals surface area contributed by atoms with Crippen molar-refractivity contribution in [2.24, 2.45) is 0 Å². The Hall–Kier alpha value is -3.74. The number of carbonyl (C=O) groups excluding carboxylic acids is 1. The van der Waals surface area contributed by atoms with Crippen molar-refractivity contribution >= 4 is 23.0 Å². The van der Waals surface area contributed by atoms with E-state index in [1.807, 2.05) is 19.2 Å². The second-order valence-electron chi connectivity index (χ2n) is 8.25. The molecule has 0 spiro atoms. The number of aromatic nitrogens is 1. The summed E-state index contributed by atoms with van der Waals surface area (Å²) < 4.78 is 16.6. The van der Waals surface area contributed by atoms with Gasteiger partial charge in [-0.3, -0.25) is 4.98 Å². The standard InChI is InChI=1S/C27H31N3O4/c1-4-14-33-22-8-5-20(6-9-22)30(2)21-7-10-23-19(12-15-34-26(23)16-21)17-29-25-18-28-13-11-24(25)27(31)32-3/h5-11,13,16,18-19,29H,4,12,14-15,17H2,1-3H3/t19-/m0/s1. The van der Waals surface area contributed by atoms with Gasteiger partial charge in [0.05, 0.1) is 37.8 Å². The second kappa shape index (κ2) is 10.9. The number of rotatable bonds is 9. The molecular formula is C27H31N3O4. The molecule has 1 aliphatic heterocycles. The normalized spacial score (nSPS) is 14.5. The van der Waals surface area contributed by atoms with Gasteiger partial charge in [0, 0.05) is 43.1 Å². The fourth-order valence-electron chi connectivity index (χ4n) is 4.06. The predicted octanol–water partition coefficient (Wildman–Crippen LogP) is 5.40. The third-order valence-corrected chi connectivity index (χ3v) is 6.01. The zero-order chi connectivity index (χ0) is 23.9. The van der Waals surface area contributed by atoms with Gasteiger partial charge in [0.25, 0.3) is 0 Å². The molecule has 1 N–H and O–H groups in total.